The highest BCUT2D eigenvalue weighted by Crippen LogP contribution is 2.37. The summed E-state index contributed by atoms with van der Waals surface area (Å²) in [5.74, 6) is 0.0872. The van der Waals surface area contributed by atoms with Gasteiger partial charge in [-0.1, -0.05) is 0 Å². The second-order valence-electron chi connectivity index (χ2n) is 7.33. The Morgan fingerprint density at radius 1 is 1.17 bits per heavy atom. The van der Waals surface area contributed by atoms with E-state index in [-0.39, 0.29) is 23.8 Å². The molecule has 1 amide bonds. The van der Waals surface area contributed by atoms with Crippen LogP contribution in [0.25, 0.3) is 0 Å². The number of hydrogen-bond donors (Lipinski definition) is 2. The Kier molecular flexibility index (Phi) is 6.21. The van der Waals surface area contributed by atoms with Gasteiger partial charge in [0.25, 0.3) is 5.91 Å². The zero-order valence-electron chi connectivity index (χ0n) is 16.4. The zero-order valence-corrected chi connectivity index (χ0v) is 17.2. The number of benzene rings is 1. The summed E-state index contributed by atoms with van der Waals surface area (Å²) in [7, 11) is -4.04. The van der Waals surface area contributed by atoms with Crippen LogP contribution in [0, 0.1) is 0 Å². The van der Waals surface area contributed by atoms with Gasteiger partial charge in [-0.25, -0.2) is 13.9 Å². The number of ether oxygens (including phenoxy) is 1. The molecule has 1 saturated heterocycles. The SMILES string of the molecule is CC(C)N1CCC(C(=O)NO)(S(=O)(=O)c2ccc(Oc3cccnc3)cc2)CC1. The molecule has 29 heavy (non-hydrogen) atoms. The van der Waals surface area contributed by atoms with Gasteiger partial charge in [0.15, 0.2) is 14.6 Å². The number of aromatic nitrogens is 1. The second kappa shape index (κ2) is 8.48. The van der Waals surface area contributed by atoms with Crippen LogP contribution >= 0.6 is 0 Å². The molecule has 8 nitrogen and oxygen atoms in total. The molecule has 0 aliphatic carbocycles. The minimum absolute atomic E-state index is 0.0117. The van der Waals surface area contributed by atoms with Crippen molar-refractivity contribution in [2.24, 2.45) is 0 Å². The van der Waals surface area contributed by atoms with Crippen molar-refractivity contribution >= 4 is 15.7 Å². The Labute approximate surface area is 170 Å². The van der Waals surface area contributed by atoms with Crippen LogP contribution in [0.1, 0.15) is 26.7 Å². The number of nitrogens with zero attached hydrogens (tertiary/aromatic N) is 2. The van der Waals surface area contributed by atoms with Crippen LogP contribution < -0.4 is 10.2 Å². The molecule has 156 valence electrons. The molecule has 9 heteroatoms. The molecule has 1 aromatic carbocycles. The third kappa shape index (κ3) is 4.12. The maximum atomic E-state index is 13.4. The molecule has 0 atom stereocenters. The molecule has 1 aliphatic rings. The van der Waals surface area contributed by atoms with Crippen LogP contribution in [0.15, 0.2) is 53.7 Å². The van der Waals surface area contributed by atoms with Gasteiger partial charge in [-0.2, -0.15) is 0 Å². The maximum Gasteiger partial charge on any atom is 0.265 e. The minimum atomic E-state index is -4.04. The van der Waals surface area contributed by atoms with E-state index in [0.29, 0.717) is 24.6 Å². The number of carbonyl (C=O) groups excluding carboxylic acids is 1. The predicted molar refractivity (Wildman–Crippen MR) is 107 cm³/mol. The number of hydrogen-bond acceptors (Lipinski definition) is 7. The number of likely N-dealkylation sites (tertiary alicyclic amines) is 1. The Hall–Kier alpha value is -2.49. The number of rotatable bonds is 6. The van der Waals surface area contributed by atoms with E-state index in [1.165, 1.54) is 24.3 Å². The first-order chi connectivity index (χ1) is 13.8. The quantitative estimate of drug-likeness (QED) is 0.547. The van der Waals surface area contributed by atoms with Gasteiger partial charge >= 0.3 is 0 Å². The van der Waals surface area contributed by atoms with E-state index < -0.39 is 20.5 Å². The summed E-state index contributed by atoms with van der Waals surface area (Å²) >= 11 is 0. The first-order valence-corrected chi connectivity index (χ1v) is 10.9. The zero-order chi connectivity index (χ0) is 21.1. The molecule has 1 fully saturated rings. The molecule has 3 rings (SSSR count). The highest BCUT2D eigenvalue weighted by molar-refractivity contribution is 7.93. The number of amides is 1. The van der Waals surface area contributed by atoms with Crippen LogP contribution in [-0.4, -0.2) is 53.3 Å². The van der Waals surface area contributed by atoms with Gasteiger partial charge in [0.1, 0.15) is 11.5 Å². The Morgan fingerprint density at radius 2 is 1.83 bits per heavy atom. The van der Waals surface area contributed by atoms with E-state index in [9.17, 15) is 18.4 Å². The van der Waals surface area contributed by atoms with Gasteiger partial charge in [0.05, 0.1) is 11.1 Å². The molecule has 0 unspecified atom stereocenters. The predicted octanol–water partition coefficient (Wildman–Crippen LogP) is 2.40. The van der Waals surface area contributed by atoms with Gasteiger partial charge in [-0.05, 0) is 63.1 Å². The first kappa shape index (κ1) is 21.2. The van der Waals surface area contributed by atoms with Crippen LogP contribution in [0.2, 0.25) is 0 Å². The fourth-order valence-electron chi connectivity index (χ4n) is 3.58. The van der Waals surface area contributed by atoms with E-state index in [2.05, 4.69) is 9.88 Å². The standard InChI is InChI=1S/C20H25N3O5S/c1-15(2)23-12-9-20(10-13-23,19(24)22-25)29(26,27)18-7-5-16(6-8-18)28-17-4-3-11-21-14-17/h3-8,11,14-15,25H,9-10,12-13H2,1-2H3,(H,22,24). The number of nitrogens with one attached hydrogen (secondary N) is 1. The van der Waals surface area contributed by atoms with E-state index in [4.69, 9.17) is 4.74 Å². The van der Waals surface area contributed by atoms with E-state index >= 15 is 0 Å². The fraction of sp³-hybridized carbons (Fsp3) is 0.400. The molecular formula is C20H25N3O5S. The van der Waals surface area contributed by atoms with Crippen LogP contribution in [-0.2, 0) is 14.6 Å². The molecule has 0 radical (unpaired) electrons. The third-order valence-corrected chi connectivity index (χ3v) is 7.89. The summed E-state index contributed by atoms with van der Waals surface area (Å²) in [4.78, 5) is 18.6. The molecule has 2 N–H and O–H groups in total. The van der Waals surface area contributed by atoms with Crippen molar-refractivity contribution in [1.29, 1.82) is 0 Å². The van der Waals surface area contributed by atoms with Crippen molar-refractivity contribution in [1.82, 2.24) is 15.4 Å². The second-order valence-corrected chi connectivity index (χ2v) is 9.59. The van der Waals surface area contributed by atoms with Gasteiger partial charge in [-0.3, -0.25) is 15.0 Å². The molecule has 0 spiro atoms. The summed E-state index contributed by atoms with van der Waals surface area (Å²) in [5, 5.41) is 9.24. The molecule has 2 heterocycles. The topological polar surface area (TPSA) is 109 Å². The lowest BCUT2D eigenvalue weighted by Crippen LogP contribution is -2.58. The third-order valence-electron chi connectivity index (χ3n) is 5.37. The van der Waals surface area contributed by atoms with Crippen molar-refractivity contribution in [3.8, 4) is 11.5 Å². The van der Waals surface area contributed by atoms with Crippen LogP contribution in [0.3, 0.4) is 0 Å². The monoisotopic (exact) mass is 419 g/mol. The average Bonchev–Trinajstić information content (AvgIpc) is 2.74. The van der Waals surface area contributed by atoms with Crippen molar-refractivity contribution in [2.75, 3.05) is 13.1 Å². The normalized spacial score (nSPS) is 17.1. The smallest absolute Gasteiger partial charge is 0.265 e. The summed E-state index contributed by atoms with van der Waals surface area (Å²) in [6.45, 7) is 4.95. The molecule has 1 aliphatic heterocycles. The molecular weight excluding hydrogens is 394 g/mol. The lowest BCUT2D eigenvalue weighted by Gasteiger charge is -2.40. The van der Waals surface area contributed by atoms with Gasteiger partial charge < -0.3 is 9.64 Å². The number of sulfone groups is 1. The maximum absolute atomic E-state index is 13.4. The van der Waals surface area contributed by atoms with Crippen molar-refractivity contribution < 1.29 is 23.2 Å². The Morgan fingerprint density at radius 3 is 2.34 bits per heavy atom. The van der Waals surface area contributed by atoms with Gasteiger partial charge in [0.2, 0.25) is 0 Å². The van der Waals surface area contributed by atoms with Crippen molar-refractivity contribution in [3.05, 3.63) is 48.8 Å². The average molecular weight is 420 g/mol. The number of carbonyl (C=O) groups is 1. The molecule has 0 saturated carbocycles. The number of piperidine rings is 1. The van der Waals surface area contributed by atoms with E-state index in [1.54, 1.807) is 30.0 Å². The summed E-state index contributed by atoms with van der Waals surface area (Å²) < 4.78 is 30.8. The van der Waals surface area contributed by atoms with E-state index in [1.807, 2.05) is 13.8 Å². The first-order valence-electron chi connectivity index (χ1n) is 9.41. The fourth-order valence-corrected chi connectivity index (χ4v) is 5.53. The highest BCUT2D eigenvalue weighted by Gasteiger charge is 2.53. The lowest BCUT2D eigenvalue weighted by atomic mass is 9.94. The molecule has 1 aromatic heterocycles. The summed E-state index contributed by atoms with van der Waals surface area (Å²) in [6.07, 6.45) is 3.38. The van der Waals surface area contributed by atoms with Crippen molar-refractivity contribution in [2.45, 2.75) is 42.4 Å². The van der Waals surface area contributed by atoms with E-state index in [0.717, 1.165) is 0 Å². The van der Waals surface area contributed by atoms with Crippen LogP contribution in [0.4, 0.5) is 0 Å². The van der Waals surface area contributed by atoms with Gasteiger partial charge in [-0.15, -0.1) is 0 Å². The summed E-state index contributed by atoms with van der Waals surface area (Å²) in [6, 6.07) is 9.62. The van der Waals surface area contributed by atoms with Crippen molar-refractivity contribution in [3.63, 3.8) is 0 Å². The number of hydroxylamine groups is 1. The Bertz CT molecular complexity index is 938. The van der Waals surface area contributed by atoms with Gasteiger partial charge in [0, 0.05) is 25.3 Å². The summed E-state index contributed by atoms with van der Waals surface area (Å²) in [5.41, 5.74) is 1.57. The highest BCUT2D eigenvalue weighted by atomic mass is 32.2. The Balaban J connectivity index is 1.87. The minimum Gasteiger partial charge on any atom is -0.456 e. The van der Waals surface area contributed by atoms with Crippen LogP contribution in [0.5, 0.6) is 11.5 Å². The number of pyridine rings is 1. The molecule has 0 bridgehead atoms. The molecule has 2 aromatic rings. The lowest BCUT2D eigenvalue weighted by molar-refractivity contribution is -0.133. The largest absolute Gasteiger partial charge is 0.456 e.